The molecule has 1 aliphatic carbocycles. The minimum atomic E-state index is -1.04. The van der Waals surface area contributed by atoms with Crippen LogP contribution in [0.5, 0.6) is 0 Å². The monoisotopic (exact) mass is 636 g/mol. The maximum absolute atomic E-state index is 14.6. The number of nitrogens with one attached hydrogen (secondary N) is 2. The van der Waals surface area contributed by atoms with Gasteiger partial charge in [0.25, 0.3) is 0 Å². The molecule has 0 saturated carbocycles. The third kappa shape index (κ3) is 9.09. The van der Waals surface area contributed by atoms with E-state index in [1.807, 2.05) is 65.8 Å². The Labute approximate surface area is 267 Å². The summed E-state index contributed by atoms with van der Waals surface area (Å²) in [7, 11) is 1.00. The van der Waals surface area contributed by atoms with Crippen LogP contribution in [0.1, 0.15) is 94.2 Å². The van der Waals surface area contributed by atoms with Crippen LogP contribution in [-0.2, 0) is 27.3 Å². The quantitative estimate of drug-likeness (QED) is 0.254. The first kappa shape index (κ1) is 38.2. The summed E-state index contributed by atoms with van der Waals surface area (Å²) in [4.78, 5) is 4.71. The van der Waals surface area contributed by atoms with Gasteiger partial charge >= 0.3 is 16.5 Å². The first-order chi connectivity index (χ1) is 19.0. The van der Waals surface area contributed by atoms with Crippen LogP contribution in [0.25, 0.3) is 11.1 Å². The fourth-order valence-corrected chi connectivity index (χ4v) is 4.44. The molecule has 43 heavy (non-hydrogen) atoms. The smallest absolute Gasteiger partial charge is 0.699 e. The van der Waals surface area contributed by atoms with Crippen molar-refractivity contribution in [2.24, 2.45) is 15.8 Å². The largest absolute Gasteiger partial charge is 2.00 e. The molecule has 0 fully saturated rings. The molecule has 0 bridgehead atoms. The number of rotatable bonds is 3. The zero-order valence-electron chi connectivity index (χ0n) is 27.9. The van der Waals surface area contributed by atoms with Gasteiger partial charge in [-0.05, 0) is 50.5 Å². The van der Waals surface area contributed by atoms with Gasteiger partial charge in [0.2, 0.25) is 0 Å². The average molecular weight is 637 g/mol. The Kier molecular flexibility index (Phi) is 11.9. The Morgan fingerprint density at radius 3 is 1.72 bits per heavy atom. The topological polar surface area (TPSA) is 94.3 Å². The summed E-state index contributed by atoms with van der Waals surface area (Å²) in [5, 5.41) is 20.7. The SMILES string of the molecule is CC(C)(C)C1=CC(=Nc2cc(F)c(F)cc2[N-]c2cc(C(C)(C)C)cc(C(C)(C)C)c2[NH-])C(=N)C(C(C)(C)C)=C1.CO.[Ni+2]. The fourth-order valence-electron chi connectivity index (χ4n) is 4.44. The third-order valence-corrected chi connectivity index (χ3v) is 7.08. The van der Waals surface area contributed by atoms with E-state index in [-0.39, 0.29) is 60.9 Å². The molecule has 0 radical (unpaired) electrons. The van der Waals surface area contributed by atoms with Crippen molar-refractivity contribution < 1.29 is 30.4 Å². The van der Waals surface area contributed by atoms with Gasteiger partial charge in [0.15, 0.2) is 11.6 Å². The molecule has 1 aliphatic rings. The number of hydrogen-bond acceptors (Lipinski definition) is 3. The van der Waals surface area contributed by atoms with Crippen LogP contribution in [0, 0.1) is 27.9 Å². The molecule has 0 aromatic heterocycles. The number of halogens is 2. The standard InChI is InChI=1S/C34H44F2N4.CH4O.Ni/c1-31(2,3)19-13-21(33(7,8)9)29(37)27(15-19)39-25-17-23(35)24(36)18-26(25)40-28-16-20(32(4,5)6)14-22(30(28)38)34(10,11)12;1-2;/h13-18,37-38H,1-12H3;2H,1H3;/q-2;;+2. The molecule has 0 atom stereocenters. The minimum absolute atomic E-state index is 0. The zero-order chi connectivity index (χ0) is 32.6. The van der Waals surface area contributed by atoms with Crippen molar-refractivity contribution in [2.45, 2.75) is 93.9 Å². The number of nitrogens with zero attached hydrogens (tertiary/aromatic N) is 2. The Hall–Kier alpha value is -2.83. The number of aliphatic hydroxyl groups excluding tert-OH is 1. The van der Waals surface area contributed by atoms with E-state index in [0.717, 1.165) is 41.5 Å². The Bertz CT molecular complexity index is 1440. The van der Waals surface area contributed by atoms with Gasteiger partial charge in [-0.2, -0.15) is 11.4 Å². The van der Waals surface area contributed by atoms with E-state index in [0.29, 0.717) is 11.4 Å². The maximum atomic E-state index is 14.6. The number of aliphatic imine (C=N–C) groups is 1. The van der Waals surface area contributed by atoms with Crippen molar-refractivity contribution >= 4 is 34.2 Å². The molecule has 3 N–H and O–H groups in total. The normalized spacial score (nSPS) is 15.3. The Morgan fingerprint density at radius 2 is 1.26 bits per heavy atom. The molecule has 5 nitrogen and oxygen atoms in total. The van der Waals surface area contributed by atoms with E-state index in [1.54, 1.807) is 0 Å². The average Bonchev–Trinajstić information content (AvgIpc) is 2.82. The van der Waals surface area contributed by atoms with Crippen LogP contribution in [0.3, 0.4) is 0 Å². The van der Waals surface area contributed by atoms with Crippen molar-refractivity contribution in [1.29, 1.82) is 5.41 Å². The van der Waals surface area contributed by atoms with Crippen LogP contribution in [0.4, 0.5) is 31.5 Å². The predicted molar refractivity (Wildman–Crippen MR) is 175 cm³/mol. The van der Waals surface area contributed by atoms with Gasteiger partial charge < -0.3 is 16.2 Å². The molecule has 2 aromatic rings. The van der Waals surface area contributed by atoms with Gasteiger partial charge in [-0.1, -0.05) is 107 Å². The van der Waals surface area contributed by atoms with Gasteiger partial charge in [-0.25, -0.2) is 13.8 Å². The molecular formula is C35H48F2N4NiO. The number of allylic oxidation sites excluding steroid dienone is 4. The van der Waals surface area contributed by atoms with Crippen molar-refractivity contribution in [1.82, 2.24) is 0 Å². The molecule has 3 rings (SSSR count). The first-order valence-electron chi connectivity index (χ1n) is 14.2. The van der Waals surface area contributed by atoms with E-state index in [9.17, 15) is 8.78 Å². The summed E-state index contributed by atoms with van der Waals surface area (Å²) in [6.07, 6.45) is 3.88. The molecular weight excluding hydrogens is 589 g/mol. The second-order valence-corrected chi connectivity index (χ2v) is 14.8. The van der Waals surface area contributed by atoms with Crippen LogP contribution >= 0.6 is 0 Å². The first-order valence-corrected chi connectivity index (χ1v) is 14.2. The molecule has 0 aliphatic heterocycles. The van der Waals surface area contributed by atoms with Gasteiger partial charge in [0, 0.05) is 13.2 Å². The fraction of sp³-hybridized carbons (Fsp3) is 0.486. The molecule has 0 saturated heterocycles. The maximum Gasteiger partial charge on any atom is 2.00 e. The second kappa shape index (κ2) is 13.4. The van der Waals surface area contributed by atoms with E-state index in [4.69, 9.17) is 26.6 Å². The summed E-state index contributed by atoms with van der Waals surface area (Å²) in [5.41, 5.74) is 12.9. The van der Waals surface area contributed by atoms with E-state index in [1.165, 1.54) is 0 Å². The second-order valence-electron chi connectivity index (χ2n) is 14.8. The van der Waals surface area contributed by atoms with Crippen LogP contribution in [0.2, 0.25) is 0 Å². The van der Waals surface area contributed by atoms with E-state index < -0.39 is 11.6 Å². The molecule has 8 heteroatoms. The minimum Gasteiger partial charge on any atom is -0.699 e. The van der Waals surface area contributed by atoms with Crippen LogP contribution in [0.15, 0.2) is 52.6 Å². The van der Waals surface area contributed by atoms with Crippen LogP contribution in [-0.4, -0.2) is 23.6 Å². The van der Waals surface area contributed by atoms with Crippen molar-refractivity contribution in [3.05, 3.63) is 81.4 Å². The van der Waals surface area contributed by atoms with Crippen molar-refractivity contribution in [2.75, 3.05) is 7.11 Å². The number of benzene rings is 2. The third-order valence-electron chi connectivity index (χ3n) is 7.08. The summed E-state index contributed by atoms with van der Waals surface area (Å²) in [6.45, 7) is 24.8. The summed E-state index contributed by atoms with van der Waals surface area (Å²) in [5.74, 6) is -2.09. The van der Waals surface area contributed by atoms with Gasteiger partial charge in [0.1, 0.15) is 0 Å². The molecule has 0 heterocycles. The van der Waals surface area contributed by atoms with Crippen LogP contribution < -0.4 is 0 Å². The molecule has 0 amide bonds. The Morgan fingerprint density at radius 1 is 0.721 bits per heavy atom. The van der Waals surface area contributed by atoms with E-state index >= 15 is 0 Å². The number of aliphatic hydroxyl groups is 1. The summed E-state index contributed by atoms with van der Waals surface area (Å²) in [6, 6.07) is 5.93. The molecule has 0 unspecified atom stereocenters. The molecule has 2 aromatic carbocycles. The molecule has 238 valence electrons. The predicted octanol–water partition coefficient (Wildman–Crippen LogP) is 11.2. The van der Waals surface area contributed by atoms with Gasteiger partial charge in [0.05, 0.1) is 17.1 Å². The Balaban J connectivity index is 0.00000302. The van der Waals surface area contributed by atoms with E-state index in [2.05, 4.69) is 41.5 Å². The van der Waals surface area contributed by atoms with Gasteiger partial charge in [-0.15, -0.1) is 5.69 Å². The van der Waals surface area contributed by atoms with Gasteiger partial charge in [-0.3, -0.25) is 5.41 Å². The van der Waals surface area contributed by atoms with Crippen molar-refractivity contribution in [3.63, 3.8) is 0 Å². The summed E-state index contributed by atoms with van der Waals surface area (Å²) >= 11 is 0. The number of hydrogen-bond donors (Lipinski definition) is 2. The van der Waals surface area contributed by atoms with Crippen molar-refractivity contribution in [3.8, 4) is 0 Å². The summed E-state index contributed by atoms with van der Waals surface area (Å²) < 4.78 is 29.2. The molecule has 0 spiro atoms. The zero-order valence-corrected chi connectivity index (χ0v) is 28.9.